The average Bonchev–Trinajstić information content (AvgIpc) is 3.08. The Balaban J connectivity index is 1.87. The average molecular weight is 269 g/mol. The second-order valence-corrected chi connectivity index (χ2v) is 4.57. The molecule has 3 rings (SSSR count). The SMILES string of the molecule is N#C/C(=C\Nc1nc2ccccc2s1)c1nn[nH]n1. The minimum atomic E-state index is 0.246. The van der Waals surface area contributed by atoms with Crippen molar-refractivity contribution >= 4 is 32.3 Å². The second kappa shape index (κ2) is 4.83. The van der Waals surface area contributed by atoms with E-state index in [1.807, 2.05) is 30.3 Å². The van der Waals surface area contributed by atoms with Crippen molar-refractivity contribution in [1.29, 1.82) is 5.26 Å². The molecule has 0 saturated heterocycles. The quantitative estimate of drug-likeness (QED) is 0.702. The van der Waals surface area contributed by atoms with E-state index >= 15 is 0 Å². The highest BCUT2D eigenvalue weighted by atomic mass is 32.1. The number of allylic oxidation sites excluding steroid dienone is 1. The zero-order valence-electron chi connectivity index (χ0n) is 9.53. The molecule has 1 aromatic carbocycles. The molecule has 0 aliphatic heterocycles. The smallest absolute Gasteiger partial charge is 0.216 e. The summed E-state index contributed by atoms with van der Waals surface area (Å²) in [6.07, 6.45) is 1.52. The minimum absolute atomic E-state index is 0.246. The fraction of sp³-hybridized carbons (Fsp3) is 0. The van der Waals surface area contributed by atoms with Gasteiger partial charge in [-0.3, -0.25) is 0 Å². The number of fused-ring (bicyclic) bond motifs is 1. The van der Waals surface area contributed by atoms with Gasteiger partial charge in [-0.15, -0.1) is 10.2 Å². The Labute approximate surface area is 111 Å². The van der Waals surface area contributed by atoms with Crippen LogP contribution in [0.4, 0.5) is 5.13 Å². The molecule has 0 amide bonds. The van der Waals surface area contributed by atoms with E-state index in [2.05, 4.69) is 30.9 Å². The number of tetrazole rings is 1. The molecule has 19 heavy (non-hydrogen) atoms. The Hall–Kier alpha value is -2.79. The number of para-hydroxylation sites is 1. The fourth-order valence-electron chi connectivity index (χ4n) is 1.49. The van der Waals surface area contributed by atoms with E-state index in [4.69, 9.17) is 5.26 Å². The van der Waals surface area contributed by atoms with Crippen LogP contribution in [0.5, 0.6) is 0 Å². The third-order valence-corrected chi connectivity index (χ3v) is 3.31. The first-order valence-electron chi connectivity index (χ1n) is 5.33. The number of H-pyrrole nitrogens is 1. The maximum absolute atomic E-state index is 9.02. The molecule has 0 aliphatic rings. The molecule has 0 unspecified atom stereocenters. The predicted octanol–water partition coefficient (Wildman–Crippen LogP) is 1.79. The number of aromatic nitrogens is 5. The number of nitriles is 1. The van der Waals surface area contributed by atoms with E-state index < -0.39 is 0 Å². The van der Waals surface area contributed by atoms with Crippen molar-refractivity contribution in [2.75, 3.05) is 5.32 Å². The third kappa shape index (κ3) is 2.27. The first kappa shape index (κ1) is 11.3. The fourth-order valence-corrected chi connectivity index (χ4v) is 2.33. The molecule has 0 spiro atoms. The third-order valence-electron chi connectivity index (χ3n) is 2.34. The highest BCUT2D eigenvalue weighted by Gasteiger charge is 2.06. The van der Waals surface area contributed by atoms with Gasteiger partial charge in [0.25, 0.3) is 0 Å². The Morgan fingerprint density at radius 3 is 3.05 bits per heavy atom. The molecule has 0 aliphatic carbocycles. The van der Waals surface area contributed by atoms with Gasteiger partial charge in [-0.05, 0) is 17.3 Å². The molecule has 2 heterocycles. The van der Waals surface area contributed by atoms with Crippen LogP contribution in [0.15, 0.2) is 30.5 Å². The highest BCUT2D eigenvalue weighted by Crippen LogP contribution is 2.25. The molecule has 0 saturated carbocycles. The van der Waals surface area contributed by atoms with E-state index in [0.717, 1.165) is 10.2 Å². The summed E-state index contributed by atoms with van der Waals surface area (Å²) < 4.78 is 1.08. The maximum atomic E-state index is 9.02. The Morgan fingerprint density at radius 1 is 1.42 bits per heavy atom. The summed E-state index contributed by atoms with van der Waals surface area (Å²) in [6.45, 7) is 0. The van der Waals surface area contributed by atoms with E-state index in [0.29, 0.717) is 5.13 Å². The van der Waals surface area contributed by atoms with E-state index in [9.17, 15) is 0 Å². The number of nitrogens with one attached hydrogen (secondary N) is 2. The zero-order valence-corrected chi connectivity index (χ0v) is 10.3. The van der Waals surface area contributed by atoms with Gasteiger partial charge in [0.15, 0.2) is 5.13 Å². The van der Waals surface area contributed by atoms with Gasteiger partial charge in [-0.25, -0.2) is 4.98 Å². The van der Waals surface area contributed by atoms with Crippen molar-refractivity contribution in [3.05, 3.63) is 36.3 Å². The summed E-state index contributed by atoms with van der Waals surface area (Å²) in [4.78, 5) is 4.39. The van der Waals surface area contributed by atoms with Crippen molar-refractivity contribution in [2.45, 2.75) is 0 Å². The van der Waals surface area contributed by atoms with E-state index in [1.165, 1.54) is 17.5 Å². The molecule has 0 bridgehead atoms. The number of thiazole rings is 1. The summed E-state index contributed by atoms with van der Waals surface area (Å²) in [5, 5.41) is 25.9. The van der Waals surface area contributed by atoms with Crippen molar-refractivity contribution < 1.29 is 0 Å². The number of rotatable bonds is 3. The van der Waals surface area contributed by atoms with Crippen LogP contribution >= 0.6 is 11.3 Å². The summed E-state index contributed by atoms with van der Waals surface area (Å²) in [7, 11) is 0. The lowest BCUT2D eigenvalue weighted by atomic mass is 10.3. The molecule has 0 atom stereocenters. The van der Waals surface area contributed by atoms with Gasteiger partial charge in [0.2, 0.25) is 5.82 Å². The van der Waals surface area contributed by atoms with Crippen LogP contribution in [0.2, 0.25) is 0 Å². The molecule has 3 aromatic rings. The van der Waals surface area contributed by atoms with Gasteiger partial charge in [-0.1, -0.05) is 23.5 Å². The summed E-state index contributed by atoms with van der Waals surface area (Å²) in [6, 6.07) is 9.82. The molecule has 7 nitrogen and oxygen atoms in total. The van der Waals surface area contributed by atoms with Gasteiger partial charge < -0.3 is 5.32 Å². The van der Waals surface area contributed by atoms with Crippen LogP contribution in [0.1, 0.15) is 5.82 Å². The molecule has 2 aromatic heterocycles. The Kier molecular flexibility index (Phi) is 2.88. The molecule has 2 N–H and O–H groups in total. The van der Waals surface area contributed by atoms with Crippen LogP contribution in [0.3, 0.4) is 0 Å². The number of benzene rings is 1. The normalized spacial score (nSPS) is 11.4. The first-order valence-corrected chi connectivity index (χ1v) is 6.14. The molecular weight excluding hydrogens is 262 g/mol. The van der Waals surface area contributed by atoms with Gasteiger partial charge >= 0.3 is 0 Å². The predicted molar refractivity (Wildman–Crippen MR) is 71.0 cm³/mol. The lowest BCUT2D eigenvalue weighted by molar-refractivity contribution is 0.881. The summed E-state index contributed by atoms with van der Waals surface area (Å²) in [5.41, 5.74) is 1.20. The van der Waals surface area contributed by atoms with E-state index in [-0.39, 0.29) is 11.4 Å². The summed E-state index contributed by atoms with van der Waals surface area (Å²) >= 11 is 1.51. The topological polar surface area (TPSA) is 103 Å². The molecule has 0 fully saturated rings. The number of nitrogens with zero attached hydrogens (tertiary/aromatic N) is 5. The van der Waals surface area contributed by atoms with Crippen LogP contribution in [0.25, 0.3) is 15.8 Å². The second-order valence-electron chi connectivity index (χ2n) is 3.54. The molecule has 0 radical (unpaired) electrons. The van der Waals surface area contributed by atoms with Gasteiger partial charge in [-0.2, -0.15) is 10.5 Å². The van der Waals surface area contributed by atoms with Crippen molar-refractivity contribution in [1.82, 2.24) is 25.6 Å². The standard InChI is InChI=1S/C11H7N7S/c12-5-7(10-15-17-18-16-10)6-13-11-14-8-3-1-2-4-9(8)19-11/h1-4,6H,(H,13,14)(H,15,16,17,18)/b7-6+. The van der Waals surface area contributed by atoms with Crippen LogP contribution in [0, 0.1) is 11.3 Å². The number of aromatic amines is 1. The van der Waals surface area contributed by atoms with E-state index in [1.54, 1.807) is 0 Å². The zero-order chi connectivity index (χ0) is 13.1. The van der Waals surface area contributed by atoms with Crippen LogP contribution in [-0.2, 0) is 0 Å². The van der Waals surface area contributed by atoms with Gasteiger partial charge in [0.05, 0.1) is 10.2 Å². The number of anilines is 1. The van der Waals surface area contributed by atoms with Gasteiger partial charge in [0.1, 0.15) is 11.6 Å². The van der Waals surface area contributed by atoms with Crippen LogP contribution in [-0.4, -0.2) is 25.6 Å². The Bertz CT molecular complexity index is 733. The highest BCUT2D eigenvalue weighted by molar-refractivity contribution is 7.22. The lowest BCUT2D eigenvalue weighted by Crippen LogP contribution is -1.92. The van der Waals surface area contributed by atoms with Crippen molar-refractivity contribution in [3.8, 4) is 6.07 Å². The largest absolute Gasteiger partial charge is 0.337 e. The van der Waals surface area contributed by atoms with Gasteiger partial charge in [0, 0.05) is 6.20 Å². The minimum Gasteiger partial charge on any atom is -0.337 e. The molecule has 92 valence electrons. The maximum Gasteiger partial charge on any atom is 0.216 e. The van der Waals surface area contributed by atoms with Crippen molar-refractivity contribution in [3.63, 3.8) is 0 Å². The lowest BCUT2D eigenvalue weighted by Gasteiger charge is -1.93. The monoisotopic (exact) mass is 269 g/mol. The first-order chi connectivity index (χ1) is 9.36. The summed E-state index contributed by atoms with van der Waals surface area (Å²) in [5.74, 6) is 0.246. The van der Waals surface area contributed by atoms with Crippen LogP contribution < -0.4 is 5.32 Å². The molecular formula is C11H7N7S. The molecule has 8 heteroatoms. The Morgan fingerprint density at radius 2 is 2.32 bits per heavy atom. The number of hydrogen-bond acceptors (Lipinski definition) is 7. The van der Waals surface area contributed by atoms with Crippen molar-refractivity contribution in [2.24, 2.45) is 0 Å². The number of hydrogen-bond donors (Lipinski definition) is 2.